The van der Waals surface area contributed by atoms with Crippen LogP contribution in [-0.2, 0) is 32.1 Å². The lowest BCUT2D eigenvalue weighted by atomic mass is 9.73. The van der Waals surface area contributed by atoms with Gasteiger partial charge in [-0.3, -0.25) is 24.6 Å². The third-order valence-electron chi connectivity index (χ3n) is 14.2. The number of Topliss-reactive ketones (excluding diaryl/α,β-unsaturated/α-hetero) is 2. The van der Waals surface area contributed by atoms with E-state index < -0.39 is 150 Å². The first-order chi connectivity index (χ1) is 33.6. The van der Waals surface area contributed by atoms with E-state index in [9.17, 15) is 68.2 Å². The summed E-state index contributed by atoms with van der Waals surface area (Å²) in [6, 6.07) is 4.75. The van der Waals surface area contributed by atoms with Gasteiger partial charge in [-0.15, -0.1) is 0 Å². The molecular weight excluding hydrogens is 995 g/mol. The van der Waals surface area contributed by atoms with Crippen LogP contribution in [0.2, 0.25) is 0 Å². The van der Waals surface area contributed by atoms with Crippen molar-refractivity contribution in [1.82, 2.24) is 25.5 Å². The van der Waals surface area contributed by atoms with Gasteiger partial charge in [-0.05, 0) is 80.7 Å². The van der Waals surface area contributed by atoms with Crippen molar-refractivity contribution in [2.45, 2.75) is 131 Å². The molecule has 3 aromatic rings. The molecule has 0 spiro atoms. The fourth-order valence-corrected chi connectivity index (χ4v) is 7.99. The van der Waals surface area contributed by atoms with Crippen molar-refractivity contribution in [2.24, 2.45) is 44.2 Å². The smallest absolute Gasteiger partial charge is 0.396 e. The van der Waals surface area contributed by atoms with Crippen LogP contribution in [0.5, 0.6) is 0 Å². The summed E-state index contributed by atoms with van der Waals surface area (Å²) in [6.45, 7) is -2.68. The third kappa shape index (κ3) is 13.9. The maximum Gasteiger partial charge on any atom is 0.396 e. The fraction of sp³-hybridized carbons (Fsp3) is 0.551. The van der Waals surface area contributed by atoms with Crippen LogP contribution in [0.3, 0.4) is 0 Å². The SMILES string of the molecule is CC1(C(=O)C[C@H](C(=O)NN(Cc2c(F)cc(C(C=NC(F)F)=CN)cc2F)C[C@H](O)[C@@H](CC(=O)[C@@H](NC(=O)C2(C)CC2)C(C)(C)C(F)(F)F)Cc2ccc(-c3cnn(C(F)F)c3)cc2)C(C)(C)C(F)(F)F)CC1. The first-order valence-corrected chi connectivity index (χ1v) is 23.0. The maximum atomic E-state index is 16.1. The fourth-order valence-electron chi connectivity index (χ4n) is 7.99. The van der Waals surface area contributed by atoms with E-state index in [1.165, 1.54) is 38.1 Å². The van der Waals surface area contributed by atoms with E-state index in [-0.39, 0.29) is 16.7 Å². The number of aromatic nitrogens is 2. The molecule has 2 amide bonds. The van der Waals surface area contributed by atoms with Crippen LogP contribution in [0, 0.1) is 45.1 Å². The summed E-state index contributed by atoms with van der Waals surface area (Å²) in [5.41, 5.74) is -1.14. The molecule has 4 atom stereocenters. The lowest BCUT2D eigenvalue weighted by molar-refractivity contribution is -0.230. The number of hydrogen-bond acceptors (Lipinski definition) is 9. The van der Waals surface area contributed by atoms with Crippen molar-refractivity contribution in [3.8, 4) is 11.1 Å². The number of ketones is 2. The van der Waals surface area contributed by atoms with Gasteiger partial charge in [0.25, 0.3) is 0 Å². The number of nitrogens with two attached hydrogens (primary N) is 1. The number of amides is 2. The summed E-state index contributed by atoms with van der Waals surface area (Å²) in [5, 5.41) is 18.6. The minimum absolute atomic E-state index is 0.242. The summed E-state index contributed by atoms with van der Waals surface area (Å²) >= 11 is 0. The molecular formula is C49H57F12N7O5. The van der Waals surface area contributed by atoms with E-state index >= 15 is 8.78 Å². The predicted molar refractivity (Wildman–Crippen MR) is 243 cm³/mol. The van der Waals surface area contributed by atoms with Gasteiger partial charge >= 0.3 is 25.5 Å². The zero-order valence-corrected chi connectivity index (χ0v) is 40.6. The highest BCUT2D eigenvalue weighted by molar-refractivity contribution is 6.09. The highest BCUT2D eigenvalue weighted by Crippen LogP contribution is 2.51. The molecule has 24 heteroatoms. The number of nitrogens with zero attached hydrogens (tertiary/aromatic N) is 4. The molecule has 5 rings (SSSR count). The van der Waals surface area contributed by atoms with Crippen molar-refractivity contribution < 1.29 is 77.0 Å². The summed E-state index contributed by atoms with van der Waals surface area (Å²) in [6.07, 6.45) is -9.89. The quantitative estimate of drug-likeness (QED) is 0.0297. The largest absolute Gasteiger partial charge is 0.404 e. The predicted octanol–water partition coefficient (Wildman–Crippen LogP) is 9.67. The lowest BCUT2D eigenvalue weighted by Gasteiger charge is -2.38. The van der Waals surface area contributed by atoms with Crippen LogP contribution in [0.15, 0.2) is 60.0 Å². The number of carbonyl (C=O) groups excluding carboxylic acids is 4. The highest BCUT2D eigenvalue weighted by atomic mass is 19.4. The molecule has 0 aliphatic heterocycles. The minimum atomic E-state index is -5.13. The van der Waals surface area contributed by atoms with E-state index in [2.05, 4.69) is 20.8 Å². The average Bonchev–Trinajstić information content (AvgIpc) is 4.17. The summed E-state index contributed by atoms with van der Waals surface area (Å²) in [5.74, 6) is -10.9. The second-order valence-corrected chi connectivity index (χ2v) is 20.5. The number of rotatable bonds is 24. The monoisotopic (exact) mass is 1050 g/mol. The van der Waals surface area contributed by atoms with Gasteiger partial charge in [-0.1, -0.05) is 52.0 Å². The Morgan fingerprint density at radius 1 is 0.863 bits per heavy atom. The molecule has 0 bridgehead atoms. The number of halogens is 12. The van der Waals surface area contributed by atoms with E-state index in [0.717, 1.165) is 12.4 Å². The van der Waals surface area contributed by atoms with Crippen LogP contribution in [0.25, 0.3) is 16.7 Å². The van der Waals surface area contributed by atoms with Crippen LogP contribution >= 0.6 is 0 Å². The molecule has 2 saturated carbocycles. The van der Waals surface area contributed by atoms with Crippen LogP contribution in [-0.4, -0.2) is 87.1 Å². The number of allylic oxidation sites excluding steroid dienone is 1. The third-order valence-corrected chi connectivity index (χ3v) is 14.2. The van der Waals surface area contributed by atoms with Gasteiger partial charge in [0.2, 0.25) is 11.8 Å². The van der Waals surface area contributed by atoms with Gasteiger partial charge in [-0.25, -0.2) is 23.5 Å². The summed E-state index contributed by atoms with van der Waals surface area (Å²) < 4.78 is 173. The van der Waals surface area contributed by atoms with Gasteiger partial charge in [0.1, 0.15) is 23.5 Å². The molecule has 0 saturated heterocycles. The summed E-state index contributed by atoms with van der Waals surface area (Å²) in [4.78, 5) is 58.1. The molecule has 5 N–H and O–H groups in total. The normalized spacial score (nSPS) is 17.7. The number of nitrogens with one attached hydrogen (secondary N) is 2. The Morgan fingerprint density at radius 2 is 1.42 bits per heavy atom. The summed E-state index contributed by atoms with van der Waals surface area (Å²) in [7, 11) is 0. The van der Waals surface area contributed by atoms with E-state index in [1.807, 2.05) is 0 Å². The first-order valence-electron chi connectivity index (χ1n) is 23.0. The molecule has 2 fully saturated rings. The second-order valence-electron chi connectivity index (χ2n) is 20.5. The number of hydrazine groups is 1. The number of aliphatic hydroxyl groups excluding tert-OH is 1. The van der Waals surface area contributed by atoms with Crippen molar-refractivity contribution in [3.05, 3.63) is 83.3 Å². The molecule has 0 unspecified atom stereocenters. The topological polar surface area (TPSA) is 172 Å². The Morgan fingerprint density at radius 3 is 1.90 bits per heavy atom. The van der Waals surface area contributed by atoms with E-state index in [1.54, 1.807) is 0 Å². The average molecular weight is 1050 g/mol. The van der Waals surface area contributed by atoms with Crippen molar-refractivity contribution >= 4 is 35.2 Å². The van der Waals surface area contributed by atoms with Crippen molar-refractivity contribution in [2.75, 3.05) is 6.54 Å². The molecule has 2 aromatic carbocycles. The first kappa shape index (κ1) is 58.1. The van der Waals surface area contributed by atoms with Gasteiger partial charge in [0, 0.05) is 72.1 Å². The standard InChI is InChI=1S/C49H57F12N7O5/c1-44(2,48(56,57)58)33(19-38(71)46(5)11-12-46)40(72)66-67(24-32-34(50)16-28(17-35(32)51)30(20-62)21-63-42(52)53)25-37(70)29(15-26-7-9-27(10-8-26)31-22-64-68(23-31)43(54)55)18-36(69)39(45(3,4)49(59,60)61)65-41(73)47(6)13-14-47/h7-10,16-17,20-23,29,33,37,39,42-43,70H,11-15,18-19,24-25,62H2,1-6H3,(H,65,73)(H,66,72)/t29-,33-,37+,39-/m1/s1. The molecule has 2 aliphatic carbocycles. The molecule has 2 aliphatic rings. The number of aliphatic hydroxyl groups is 1. The molecule has 1 heterocycles. The minimum Gasteiger partial charge on any atom is -0.404 e. The Labute approximate surface area is 412 Å². The maximum absolute atomic E-state index is 16.1. The number of carbonyl (C=O) groups is 4. The van der Waals surface area contributed by atoms with Gasteiger partial charge in [-0.2, -0.15) is 49.0 Å². The van der Waals surface area contributed by atoms with E-state index in [4.69, 9.17) is 5.73 Å². The Balaban J connectivity index is 1.59. The molecule has 1 aromatic heterocycles. The van der Waals surface area contributed by atoms with Gasteiger partial charge < -0.3 is 16.2 Å². The number of aliphatic imine (C=N–C) groups is 1. The Hall–Kier alpha value is -5.78. The number of benzene rings is 2. The molecule has 402 valence electrons. The number of hydrogen-bond donors (Lipinski definition) is 4. The van der Waals surface area contributed by atoms with Crippen molar-refractivity contribution in [3.63, 3.8) is 0 Å². The number of alkyl halides is 10. The molecule has 0 radical (unpaired) electrons. The van der Waals surface area contributed by atoms with Crippen LogP contribution in [0.1, 0.15) is 103 Å². The second kappa shape index (κ2) is 22.0. The van der Waals surface area contributed by atoms with Gasteiger partial charge in [0.15, 0.2) is 5.78 Å². The zero-order chi connectivity index (χ0) is 54.8. The molecule has 73 heavy (non-hydrogen) atoms. The molecule has 12 nitrogen and oxygen atoms in total. The highest BCUT2D eigenvalue weighted by Gasteiger charge is 2.58. The van der Waals surface area contributed by atoms with Crippen LogP contribution in [0.4, 0.5) is 52.7 Å². The Bertz CT molecular complexity index is 2530. The lowest BCUT2D eigenvalue weighted by Crippen LogP contribution is -2.58. The van der Waals surface area contributed by atoms with Crippen LogP contribution < -0.4 is 16.5 Å². The van der Waals surface area contributed by atoms with E-state index in [0.29, 0.717) is 93.2 Å². The van der Waals surface area contributed by atoms with Gasteiger partial charge in [0.05, 0.1) is 29.0 Å². The zero-order valence-electron chi connectivity index (χ0n) is 40.6. The Kier molecular flexibility index (Phi) is 17.5. The van der Waals surface area contributed by atoms with Crippen molar-refractivity contribution in [1.29, 1.82) is 0 Å².